The van der Waals surface area contributed by atoms with Gasteiger partial charge in [0.15, 0.2) is 18.1 Å². The molecule has 1 aliphatic heterocycles. The summed E-state index contributed by atoms with van der Waals surface area (Å²) < 4.78 is 21.8. The summed E-state index contributed by atoms with van der Waals surface area (Å²) >= 11 is 3.41. The number of carbonyl (C=O) groups is 1. The Kier molecular flexibility index (Phi) is 6.64. The second-order valence-electron chi connectivity index (χ2n) is 5.96. The Balaban J connectivity index is 1.61. The van der Waals surface area contributed by atoms with Gasteiger partial charge in [0.2, 0.25) is 12.7 Å². The minimum atomic E-state index is -0.501. The predicted octanol–water partition coefficient (Wildman–Crippen LogP) is 2.43. The fourth-order valence-corrected chi connectivity index (χ4v) is 3.00. The minimum Gasteiger partial charge on any atom is -0.467 e. The summed E-state index contributed by atoms with van der Waals surface area (Å²) in [5, 5.41) is 13.3. The number of hydrazone groups is 1. The molecule has 0 bridgehead atoms. The van der Waals surface area contributed by atoms with Gasteiger partial charge < -0.3 is 18.9 Å². The van der Waals surface area contributed by atoms with Gasteiger partial charge in [-0.05, 0) is 41.1 Å². The van der Waals surface area contributed by atoms with Crippen LogP contribution in [0, 0.1) is 18.3 Å². The Morgan fingerprint density at radius 1 is 1.41 bits per heavy atom. The summed E-state index contributed by atoms with van der Waals surface area (Å²) in [5.74, 6) is 0.819. The highest BCUT2D eigenvalue weighted by atomic mass is 79.9. The summed E-state index contributed by atoms with van der Waals surface area (Å²) in [5.41, 5.74) is 4.59. The number of hydrogen-bond donors (Lipinski definition) is 1. The topological polar surface area (TPSA) is 115 Å². The molecule has 1 N–H and O–H groups in total. The molecule has 29 heavy (non-hydrogen) atoms. The van der Waals surface area contributed by atoms with E-state index < -0.39 is 5.91 Å². The number of pyridine rings is 1. The average molecular weight is 461 g/mol. The summed E-state index contributed by atoms with van der Waals surface area (Å²) in [6, 6.07) is 7.28. The molecule has 2 heterocycles. The normalized spacial score (nSPS) is 12.1. The number of amides is 1. The molecule has 1 amide bonds. The van der Waals surface area contributed by atoms with E-state index in [1.165, 1.54) is 13.3 Å². The van der Waals surface area contributed by atoms with Crippen LogP contribution in [-0.2, 0) is 16.1 Å². The Hall–Kier alpha value is -3.16. The van der Waals surface area contributed by atoms with E-state index in [2.05, 4.69) is 31.4 Å². The van der Waals surface area contributed by atoms with Crippen molar-refractivity contribution in [1.29, 1.82) is 5.26 Å². The zero-order chi connectivity index (χ0) is 20.8. The van der Waals surface area contributed by atoms with Gasteiger partial charge in [-0.25, -0.2) is 10.4 Å². The number of halogens is 1. The number of fused-ring (bicyclic) bond motifs is 1. The third-order valence-electron chi connectivity index (χ3n) is 3.83. The first-order valence-electron chi connectivity index (χ1n) is 8.45. The lowest BCUT2D eigenvalue weighted by Gasteiger charge is -2.10. The summed E-state index contributed by atoms with van der Waals surface area (Å²) in [6.45, 7) is 1.82. The van der Waals surface area contributed by atoms with Crippen molar-refractivity contribution in [2.24, 2.45) is 5.10 Å². The zero-order valence-corrected chi connectivity index (χ0v) is 17.3. The summed E-state index contributed by atoms with van der Waals surface area (Å²) in [4.78, 5) is 16.2. The molecule has 0 spiro atoms. The molecule has 9 nitrogen and oxygen atoms in total. The molecule has 3 rings (SSSR count). The van der Waals surface area contributed by atoms with Gasteiger partial charge in [-0.2, -0.15) is 10.4 Å². The lowest BCUT2D eigenvalue weighted by molar-refractivity contribution is -0.123. The molecule has 0 saturated carbocycles. The third kappa shape index (κ3) is 5.01. The van der Waals surface area contributed by atoms with E-state index >= 15 is 0 Å². The highest BCUT2D eigenvalue weighted by Gasteiger charge is 2.16. The average Bonchev–Trinajstić information content (AvgIpc) is 3.13. The first kappa shape index (κ1) is 20.6. The van der Waals surface area contributed by atoms with Crippen molar-refractivity contribution in [2.75, 3.05) is 20.5 Å². The van der Waals surface area contributed by atoms with Crippen molar-refractivity contribution in [3.8, 4) is 23.4 Å². The SMILES string of the molecule is COCc1cc(C)nc(OCC(=O)N/N=C/c2cc3c(cc2Br)OCO3)c1C#N. The first-order chi connectivity index (χ1) is 14.0. The number of nitrogens with one attached hydrogen (secondary N) is 1. The van der Waals surface area contributed by atoms with Crippen LogP contribution in [0.3, 0.4) is 0 Å². The van der Waals surface area contributed by atoms with Gasteiger partial charge >= 0.3 is 0 Å². The van der Waals surface area contributed by atoms with Gasteiger partial charge in [0.1, 0.15) is 11.6 Å². The number of benzene rings is 1. The summed E-state index contributed by atoms with van der Waals surface area (Å²) in [7, 11) is 1.53. The lowest BCUT2D eigenvalue weighted by atomic mass is 10.1. The number of aromatic nitrogens is 1. The monoisotopic (exact) mass is 460 g/mol. The maximum atomic E-state index is 12.0. The van der Waals surface area contributed by atoms with Crippen LogP contribution in [0.2, 0.25) is 0 Å². The molecule has 2 aromatic rings. The van der Waals surface area contributed by atoms with Gasteiger partial charge in [0.25, 0.3) is 5.91 Å². The van der Waals surface area contributed by atoms with Gasteiger partial charge in [0.05, 0.1) is 12.8 Å². The molecular weight excluding hydrogens is 444 g/mol. The fraction of sp³-hybridized carbons (Fsp3) is 0.263. The Labute approximate surface area is 175 Å². The van der Waals surface area contributed by atoms with E-state index in [4.69, 9.17) is 18.9 Å². The zero-order valence-electron chi connectivity index (χ0n) is 15.7. The lowest BCUT2D eigenvalue weighted by Crippen LogP contribution is -2.25. The van der Waals surface area contributed by atoms with E-state index in [0.29, 0.717) is 28.3 Å². The van der Waals surface area contributed by atoms with E-state index in [9.17, 15) is 10.1 Å². The molecule has 0 radical (unpaired) electrons. The number of rotatable bonds is 7. The number of nitriles is 1. The number of ether oxygens (including phenoxy) is 4. The molecule has 10 heteroatoms. The van der Waals surface area contributed by atoms with Crippen molar-refractivity contribution in [2.45, 2.75) is 13.5 Å². The van der Waals surface area contributed by atoms with Crippen LogP contribution in [0.4, 0.5) is 0 Å². The smallest absolute Gasteiger partial charge is 0.278 e. The second kappa shape index (κ2) is 9.36. The van der Waals surface area contributed by atoms with Crippen molar-refractivity contribution in [3.05, 3.63) is 45.1 Å². The molecule has 1 aromatic heterocycles. The second-order valence-corrected chi connectivity index (χ2v) is 6.81. The molecule has 0 unspecified atom stereocenters. The van der Waals surface area contributed by atoms with Gasteiger partial charge in [0, 0.05) is 28.4 Å². The number of nitrogens with zero attached hydrogens (tertiary/aromatic N) is 3. The number of aryl methyl sites for hydroxylation is 1. The van der Waals surface area contributed by atoms with Crippen LogP contribution in [0.15, 0.2) is 27.8 Å². The number of carbonyl (C=O) groups excluding carboxylic acids is 1. The van der Waals surface area contributed by atoms with E-state index in [-0.39, 0.29) is 31.5 Å². The van der Waals surface area contributed by atoms with Crippen LogP contribution in [-0.4, -0.2) is 37.6 Å². The van der Waals surface area contributed by atoms with Crippen LogP contribution in [0.25, 0.3) is 0 Å². The number of hydrogen-bond acceptors (Lipinski definition) is 8. The molecule has 0 saturated heterocycles. The van der Waals surface area contributed by atoms with Crippen LogP contribution >= 0.6 is 15.9 Å². The van der Waals surface area contributed by atoms with Crippen molar-refractivity contribution in [1.82, 2.24) is 10.4 Å². The minimum absolute atomic E-state index is 0.0807. The first-order valence-corrected chi connectivity index (χ1v) is 9.24. The third-order valence-corrected chi connectivity index (χ3v) is 4.52. The number of methoxy groups -OCH3 is 1. The maximum absolute atomic E-state index is 12.0. The Bertz CT molecular complexity index is 1000. The standard InChI is InChI=1S/C19H17BrN4O5/c1-11-3-13(8-26-2)14(6-21)19(23-11)27-9-18(25)24-22-7-12-4-16-17(5-15(12)20)29-10-28-16/h3-5,7H,8-10H2,1-2H3,(H,24,25)/b22-7+. The Morgan fingerprint density at radius 2 is 2.17 bits per heavy atom. The molecule has 1 aromatic carbocycles. The molecular formula is C19H17BrN4O5. The molecule has 0 aliphatic carbocycles. The van der Waals surface area contributed by atoms with Crippen molar-refractivity contribution in [3.63, 3.8) is 0 Å². The van der Waals surface area contributed by atoms with Crippen molar-refractivity contribution >= 4 is 28.1 Å². The largest absolute Gasteiger partial charge is 0.467 e. The van der Waals surface area contributed by atoms with Crippen LogP contribution < -0.4 is 19.6 Å². The summed E-state index contributed by atoms with van der Waals surface area (Å²) in [6.07, 6.45) is 1.46. The fourth-order valence-electron chi connectivity index (χ4n) is 2.58. The van der Waals surface area contributed by atoms with E-state index in [1.54, 1.807) is 25.1 Å². The predicted molar refractivity (Wildman–Crippen MR) is 106 cm³/mol. The molecule has 0 fully saturated rings. The van der Waals surface area contributed by atoms with Gasteiger partial charge in [-0.3, -0.25) is 4.79 Å². The van der Waals surface area contributed by atoms with Gasteiger partial charge in [-0.15, -0.1) is 0 Å². The Morgan fingerprint density at radius 3 is 2.90 bits per heavy atom. The van der Waals surface area contributed by atoms with Crippen LogP contribution in [0.1, 0.15) is 22.4 Å². The molecule has 1 aliphatic rings. The molecule has 150 valence electrons. The van der Waals surface area contributed by atoms with Gasteiger partial charge in [-0.1, -0.05) is 0 Å². The highest BCUT2D eigenvalue weighted by Crippen LogP contribution is 2.36. The van der Waals surface area contributed by atoms with Crippen LogP contribution in [0.5, 0.6) is 17.4 Å². The maximum Gasteiger partial charge on any atom is 0.278 e. The quantitative estimate of drug-likeness (QED) is 0.498. The molecule has 0 atom stereocenters. The van der Waals surface area contributed by atoms with E-state index in [0.717, 1.165) is 4.47 Å². The van der Waals surface area contributed by atoms with E-state index in [1.807, 2.05) is 6.07 Å². The highest BCUT2D eigenvalue weighted by molar-refractivity contribution is 9.10. The van der Waals surface area contributed by atoms with Crippen molar-refractivity contribution < 1.29 is 23.7 Å².